The summed E-state index contributed by atoms with van der Waals surface area (Å²) in [5, 5.41) is 0.0613. The highest BCUT2D eigenvalue weighted by atomic mass is 32.2. The second-order valence-electron chi connectivity index (χ2n) is 2.02. The van der Waals surface area contributed by atoms with E-state index in [4.69, 9.17) is 4.42 Å². The standard InChI is InChI=1S/C7H4FNOS/c8-11-7-9-5-3-1-2-4-6(5)10-7/h1-4H. The van der Waals surface area contributed by atoms with E-state index in [1.807, 2.05) is 12.1 Å². The molecular formula is C7H4FNOS. The summed E-state index contributed by atoms with van der Waals surface area (Å²) in [5.74, 6) is 0. The Hall–Kier alpha value is -1.03. The molecule has 0 bridgehead atoms. The van der Waals surface area contributed by atoms with Crippen molar-refractivity contribution in [1.29, 1.82) is 0 Å². The van der Waals surface area contributed by atoms with Gasteiger partial charge in [-0.3, -0.25) is 0 Å². The van der Waals surface area contributed by atoms with Gasteiger partial charge < -0.3 is 4.42 Å². The summed E-state index contributed by atoms with van der Waals surface area (Å²) in [6.07, 6.45) is 0. The number of halogens is 1. The summed E-state index contributed by atoms with van der Waals surface area (Å²) in [6.45, 7) is 0. The molecule has 11 heavy (non-hydrogen) atoms. The Bertz CT molecular complexity index is 340. The van der Waals surface area contributed by atoms with E-state index in [9.17, 15) is 3.89 Å². The SMILES string of the molecule is FSc1nc2ccccc2o1. The Labute approximate surface area is 66.7 Å². The molecule has 1 heterocycles. The second kappa shape index (κ2) is 2.54. The maximum absolute atomic E-state index is 11.9. The smallest absolute Gasteiger partial charge is 0.290 e. The molecule has 2 nitrogen and oxygen atoms in total. The van der Waals surface area contributed by atoms with Gasteiger partial charge in [0.15, 0.2) is 5.58 Å². The first-order valence-electron chi connectivity index (χ1n) is 3.04. The minimum absolute atomic E-state index is 0.0168. The van der Waals surface area contributed by atoms with Crippen LogP contribution in [0.5, 0.6) is 0 Å². The molecule has 0 spiro atoms. The number of oxazole rings is 1. The molecule has 1 aromatic heterocycles. The van der Waals surface area contributed by atoms with Gasteiger partial charge in [0, 0.05) is 0 Å². The monoisotopic (exact) mass is 169 g/mol. The van der Waals surface area contributed by atoms with Gasteiger partial charge in [-0.15, -0.1) is 0 Å². The molecule has 0 aliphatic carbocycles. The number of hydrogen-bond donors (Lipinski definition) is 0. The summed E-state index contributed by atoms with van der Waals surface area (Å²) >= 11 is 0.0168. The van der Waals surface area contributed by atoms with Gasteiger partial charge in [-0.05, 0) is 12.1 Å². The predicted molar refractivity (Wildman–Crippen MR) is 41.0 cm³/mol. The first-order chi connectivity index (χ1) is 5.40. The Kier molecular flexibility index (Phi) is 1.54. The van der Waals surface area contributed by atoms with Gasteiger partial charge in [-0.25, -0.2) is 4.98 Å². The van der Waals surface area contributed by atoms with E-state index in [0.717, 1.165) is 0 Å². The lowest BCUT2D eigenvalue weighted by molar-refractivity contribution is 0.484. The molecule has 2 rings (SSSR count). The Morgan fingerprint density at radius 1 is 1.36 bits per heavy atom. The van der Waals surface area contributed by atoms with E-state index in [2.05, 4.69) is 4.98 Å². The zero-order valence-electron chi connectivity index (χ0n) is 5.45. The summed E-state index contributed by atoms with van der Waals surface area (Å²) in [4.78, 5) is 3.85. The molecule has 0 saturated carbocycles. The third kappa shape index (κ3) is 1.09. The Balaban J connectivity index is 2.69. The molecule has 0 saturated heterocycles. The number of nitrogens with zero attached hydrogens (tertiary/aromatic N) is 1. The van der Waals surface area contributed by atoms with Crippen molar-refractivity contribution < 1.29 is 8.30 Å². The third-order valence-corrected chi connectivity index (χ3v) is 1.65. The third-order valence-electron chi connectivity index (χ3n) is 1.34. The summed E-state index contributed by atoms with van der Waals surface area (Å²) in [6, 6.07) is 7.18. The second-order valence-corrected chi connectivity index (χ2v) is 2.53. The van der Waals surface area contributed by atoms with E-state index in [0.29, 0.717) is 11.1 Å². The van der Waals surface area contributed by atoms with Crippen molar-refractivity contribution in [3.8, 4) is 0 Å². The van der Waals surface area contributed by atoms with E-state index < -0.39 is 0 Å². The fourth-order valence-corrected chi connectivity index (χ4v) is 1.14. The van der Waals surface area contributed by atoms with Crippen LogP contribution >= 0.6 is 12.1 Å². The molecule has 0 aliphatic rings. The molecule has 56 valence electrons. The molecule has 0 fully saturated rings. The number of benzene rings is 1. The zero-order valence-corrected chi connectivity index (χ0v) is 6.27. The molecule has 0 amide bonds. The molecule has 0 aliphatic heterocycles. The highest BCUT2D eigenvalue weighted by Crippen LogP contribution is 2.22. The van der Waals surface area contributed by atoms with Crippen LogP contribution in [0.1, 0.15) is 0 Å². The zero-order chi connectivity index (χ0) is 7.68. The van der Waals surface area contributed by atoms with Crippen LogP contribution in [-0.2, 0) is 0 Å². The van der Waals surface area contributed by atoms with Crippen molar-refractivity contribution in [2.24, 2.45) is 0 Å². The lowest BCUT2D eigenvalue weighted by Gasteiger charge is -1.79. The average molecular weight is 169 g/mol. The van der Waals surface area contributed by atoms with Crippen molar-refractivity contribution in [3.05, 3.63) is 24.3 Å². The Morgan fingerprint density at radius 3 is 2.91 bits per heavy atom. The molecule has 0 unspecified atom stereocenters. The van der Waals surface area contributed by atoms with E-state index in [1.54, 1.807) is 12.1 Å². The molecule has 0 radical (unpaired) electrons. The van der Waals surface area contributed by atoms with Gasteiger partial charge in [0.2, 0.25) is 0 Å². The van der Waals surface area contributed by atoms with E-state index >= 15 is 0 Å². The van der Waals surface area contributed by atoms with Crippen LogP contribution in [0.2, 0.25) is 0 Å². The topological polar surface area (TPSA) is 26.0 Å². The number of aromatic nitrogens is 1. The highest BCUT2D eigenvalue weighted by Gasteiger charge is 2.03. The predicted octanol–water partition coefficient (Wildman–Crippen LogP) is 2.80. The number of para-hydroxylation sites is 2. The van der Waals surface area contributed by atoms with Gasteiger partial charge >= 0.3 is 0 Å². The van der Waals surface area contributed by atoms with Crippen molar-refractivity contribution in [2.45, 2.75) is 5.22 Å². The summed E-state index contributed by atoms with van der Waals surface area (Å²) in [5.41, 5.74) is 1.31. The van der Waals surface area contributed by atoms with Gasteiger partial charge in [0.1, 0.15) is 17.7 Å². The summed E-state index contributed by atoms with van der Waals surface area (Å²) < 4.78 is 16.9. The molecule has 0 N–H and O–H groups in total. The van der Waals surface area contributed by atoms with Gasteiger partial charge in [0.25, 0.3) is 5.22 Å². The van der Waals surface area contributed by atoms with E-state index in [-0.39, 0.29) is 17.4 Å². The average Bonchev–Trinajstić information content (AvgIpc) is 2.46. The van der Waals surface area contributed by atoms with Gasteiger partial charge in [-0.1, -0.05) is 12.1 Å². The van der Waals surface area contributed by atoms with Crippen LogP contribution in [0.25, 0.3) is 11.1 Å². The van der Waals surface area contributed by atoms with Gasteiger partial charge in [0.05, 0.1) is 0 Å². The first-order valence-corrected chi connectivity index (χ1v) is 3.76. The van der Waals surface area contributed by atoms with Crippen LogP contribution in [-0.4, -0.2) is 4.98 Å². The van der Waals surface area contributed by atoms with Crippen LogP contribution in [0, 0.1) is 0 Å². The number of rotatable bonds is 1. The highest BCUT2D eigenvalue weighted by molar-refractivity contribution is 7.94. The molecular weight excluding hydrogens is 165 g/mol. The first kappa shape index (κ1) is 6.67. The lowest BCUT2D eigenvalue weighted by atomic mass is 10.3. The van der Waals surface area contributed by atoms with Crippen LogP contribution in [0.4, 0.5) is 3.89 Å². The molecule has 0 atom stereocenters. The maximum Gasteiger partial charge on any atom is 0.290 e. The van der Waals surface area contributed by atoms with E-state index in [1.165, 1.54) is 0 Å². The van der Waals surface area contributed by atoms with Crippen molar-refractivity contribution in [1.82, 2.24) is 4.98 Å². The van der Waals surface area contributed by atoms with Crippen LogP contribution in [0.15, 0.2) is 33.9 Å². The quantitative estimate of drug-likeness (QED) is 0.656. The normalized spacial score (nSPS) is 10.6. The van der Waals surface area contributed by atoms with Crippen LogP contribution < -0.4 is 0 Å². The van der Waals surface area contributed by atoms with Crippen LogP contribution in [0.3, 0.4) is 0 Å². The molecule has 1 aromatic carbocycles. The number of fused-ring (bicyclic) bond motifs is 1. The maximum atomic E-state index is 11.9. The fraction of sp³-hybridized carbons (Fsp3) is 0. The van der Waals surface area contributed by atoms with Crippen molar-refractivity contribution in [2.75, 3.05) is 0 Å². The minimum Gasteiger partial charge on any atom is -0.430 e. The van der Waals surface area contributed by atoms with Crippen molar-refractivity contribution >= 4 is 23.2 Å². The lowest BCUT2D eigenvalue weighted by Crippen LogP contribution is -1.64. The number of hydrogen-bond acceptors (Lipinski definition) is 3. The fourth-order valence-electron chi connectivity index (χ4n) is 0.884. The largest absolute Gasteiger partial charge is 0.430 e. The summed E-state index contributed by atoms with van der Waals surface area (Å²) in [7, 11) is 0. The molecule has 4 heteroatoms. The minimum atomic E-state index is 0.0168. The Morgan fingerprint density at radius 2 is 2.18 bits per heavy atom. The molecule has 2 aromatic rings. The van der Waals surface area contributed by atoms with Crippen molar-refractivity contribution in [3.63, 3.8) is 0 Å². The van der Waals surface area contributed by atoms with Gasteiger partial charge in [-0.2, -0.15) is 3.89 Å².